The second kappa shape index (κ2) is 7.06. The van der Waals surface area contributed by atoms with Gasteiger partial charge in [-0.25, -0.2) is 0 Å². The molecule has 0 bridgehead atoms. The molecule has 0 aliphatic heterocycles. The molecule has 3 unspecified atom stereocenters. The van der Waals surface area contributed by atoms with Crippen LogP contribution in [0.25, 0.3) is 0 Å². The number of hydrogen-bond acceptors (Lipinski definition) is 3. The second-order valence-corrected chi connectivity index (χ2v) is 9.87. The molecule has 0 aromatic heterocycles. The summed E-state index contributed by atoms with van der Waals surface area (Å²) in [6.07, 6.45) is 0.844. The molecule has 0 fully saturated rings. The van der Waals surface area contributed by atoms with Gasteiger partial charge in [-0.15, -0.1) is 0 Å². The fourth-order valence-corrected chi connectivity index (χ4v) is 3.08. The van der Waals surface area contributed by atoms with Crippen LogP contribution in [-0.4, -0.2) is 34.4 Å². The highest BCUT2D eigenvalue weighted by molar-refractivity contribution is 7.58. The van der Waals surface area contributed by atoms with E-state index in [2.05, 4.69) is 0 Å². The molecule has 0 saturated heterocycles. The standard InChI is InChI=1S/C10H24O5P2/c1-5-17(13,14)15-8-10(4)6-7-16(11,12)9(2)3/h9-10H,5-8H2,1-4H3,(H,11,12)(H,13,14). The van der Waals surface area contributed by atoms with Gasteiger partial charge in [0.25, 0.3) is 0 Å². The van der Waals surface area contributed by atoms with Crippen LogP contribution >= 0.6 is 15.0 Å². The van der Waals surface area contributed by atoms with Gasteiger partial charge >= 0.3 is 7.60 Å². The summed E-state index contributed by atoms with van der Waals surface area (Å²) >= 11 is 0. The van der Waals surface area contributed by atoms with Gasteiger partial charge in [0.2, 0.25) is 7.37 Å². The molecule has 3 atom stereocenters. The summed E-state index contributed by atoms with van der Waals surface area (Å²) in [7, 11) is -6.52. The molecular formula is C10H24O5P2. The van der Waals surface area contributed by atoms with Crippen molar-refractivity contribution in [3.63, 3.8) is 0 Å². The highest BCUT2D eigenvalue weighted by atomic mass is 31.2. The van der Waals surface area contributed by atoms with Crippen molar-refractivity contribution in [3.05, 3.63) is 0 Å². The maximum Gasteiger partial charge on any atom is 0.327 e. The summed E-state index contributed by atoms with van der Waals surface area (Å²) in [5, 5.41) is 0. The van der Waals surface area contributed by atoms with E-state index >= 15 is 0 Å². The molecule has 0 rings (SSSR count). The third-order valence-electron chi connectivity index (χ3n) is 2.71. The second-order valence-electron chi connectivity index (χ2n) is 4.72. The van der Waals surface area contributed by atoms with E-state index in [1.807, 2.05) is 6.92 Å². The van der Waals surface area contributed by atoms with Gasteiger partial charge in [-0.1, -0.05) is 27.7 Å². The van der Waals surface area contributed by atoms with Crippen LogP contribution in [0.3, 0.4) is 0 Å². The van der Waals surface area contributed by atoms with Crippen molar-refractivity contribution in [1.29, 1.82) is 0 Å². The first kappa shape index (κ1) is 17.3. The lowest BCUT2D eigenvalue weighted by Gasteiger charge is -2.19. The summed E-state index contributed by atoms with van der Waals surface area (Å²) < 4.78 is 27.8. The zero-order chi connectivity index (χ0) is 13.7. The highest BCUT2D eigenvalue weighted by Gasteiger charge is 2.24. The molecule has 0 heterocycles. The topological polar surface area (TPSA) is 83.8 Å². The van der Waals surface area contributed by atoms with Crippen molar-refractivity contribution in [3.8, 4) is 0 Å². The first-order chi connectivity index (χ1) is 7.60. The van der Waals surface area contributed by atoms with Crippen molar-refractivity contribution in [2.75, 3.05) is 18.9 Å². The predicted octanol–water partition coefficient (Wildman–Crippen LogP) is 2.91. The van der Waals surface area contributed by atoms with Crippen LogP contribution in [0, 0.1) is 5.92 Å². The fourth-order valence-electron chi connectivity index (χ4n) is 1.08. The van der Waals surface area contributed by atoms with Crippen LogP contribution in [-0.2, 0) is 13.7 Å². The highest BCUT2D eigenvalue weighted by Crippen LogP contribution is 2.47. The smallest absolute Gasteiger partial charge is 0.327 e. The molecule has 0 aromatic rings. The van der Waals surface area contributed by atoms with Crippen molar-refractivity contribution in [1.82, 2.24) is 0 Å². The van der Waals surface area contributed by atoms with Gasteiger partial charge < -0.3 is 14.3 Å². The average Bonchev–Trinajstić information content (AvgIpc) is 2.23. The maximum atomic E-state index is 11.7. The van der Waals surface area contributed by atoms with E-state index in [0.29, 0.717) is 6.42 Å². The van der Waals surface area contributed by atoms with Gasteiger partial charge in [0.1, 0.15) is 0 Å². The Balaban J connectivity index is 4.01. The summed E-state index contributed by atoms with van der Waals surface area (Å²) in [4.78, 5) is 18.8. The first-order valence-electron chi connectivity index (χ1n) is 5.88. The maximum absolute atomic E-state index is 11.7. The van der Waals surface area contributed by atoms with Crippen LogP contribution in [0.15, 0.2) is 0 Å². The van der Waals surface area contributed by atoms with Gasteiger partial charge in [-0.05, 0) is 12.3 Å². The molecule has 0 aromatic carbocycles. The first-order valence-corrected chi connectivity index (χ1v) is 9.56. The molecular weight excluding hydrogens is 262 g/mol. The van der Waals surface area contributed by atoms with E-state index in [4.69, 9.17) is 4.52 Å². The van der Waals surface area contributed by atoms with E-state index in [1.54, 1.807) is 20.8 Å². The fraction of sp³-hybridized carbons (Fsp3) is 1.00. The van der Waals surface area contributed by atoms with E-state index in [0.717, 1.165) is 0 Å². The summed E-state index contributed by atoms with van der Waals surface area (Å²) in [6, 6.07) is 0. The van der Waals surface area contributed by atoms with Gasteiger partial charge in [-0.3, -0.25) is 9.13 Å². The number of hydrogen-bond donors (Lipinski definition) is 2. The van der Waals surface area contributed by atoms with Crippen molar-refractivity contribution >= 4 is 15.0 Å². The van der Waals surface area contributed by atoms with E-state index < -0.39 is 15.0 Å². The Morgan fingerprint density at radius 1 is 1.18 bits per heavy atom. The minimum atomic E-state index is -3.44. The molecule has 0 radical (unpaired) electrons. The Morgan fingerprint density at radius 2 is 1.71 bits per heavy atom. The molecule has 17 heavy (non-hydrogen) atoms. The monoisotopic (exact) mass is 286 g/mol. The molecule has 5 nitrogen and oxygen atoms in total. The summed E-state index contributed by atoms with van der Waals surface area (Å²) in [6.45, 7) is 7.03. The molecule has 2 N–H and O–H groups in total. The minimum absolute atomic E-state index is 0.00116. The molecule has 0 aliphatic carbocycles. The summed E-state index contributed by atoms with van der Waals surface area (Å²) in [5.74, 6) is 0.00116. The SMILES string of the molecule is CCP(=O)(O)OCC(C)CCP(=O)(O)C(C)C. The molecule has 0 amide bonds. The normalized spacial score (nSPS) is 20.9. The Bertz CT molecular complexity index is 316. The molecule has 104 valence electrons. The zero-order valence-electron chi connectivity index (χ0n) is 11.0. The quantitative estimate of drug-likeness (QED) is 0.670. The van der Waals surface area contributed by atoms with Crippen LogP contribution in [0.1, 0.15) is 34.1 Å². The van der Waals surface area contributed by atoms with Crippen molar-refractivity contribution < 1.29 is 23.4 Å². The Hall–Kier alpha value is 0.340. The van der Waals surface area contributed by atoms with Crippen LogP contribution in [0.2, 0.25) is 0 Å². The molecule has 7 heteroatoms. The Morgan fingerprint density at radius 3 is 2.12 bits per heavy atom. The zero-order valence-corrected chi connectivity index (χ0v) is 12.8. The lowest BCUT2D eigenvalue weighted by Crippen LogP contribution is -2.10. The van der Waals surface area contributed by atoms with E-state index in [1.165, 1.54) is 0 Å². The molecule has 0 spiro atoms. The van der Waals surface area contributed by atoms with Crippen LogP contribution < -0.4 is 0 Å². The van der Waals surface area contributed by atoms with Gasteiger partial charge in [0.15, 0.2) is 0 Å². The molecule has 0 saturated carbocycles. The largest absolute Gasteiger partial charge is 0.344 e. The van der Waals surface area contributed by atoms with E-state index in [-0.39, 0.29) is 30.5 Å². The minimum Gasteiger partial charge on any atom is -0.344 e. The lowest BCUT2D eigenvalue weighted by molar-refractivity contribution is 0.220. The third-order valence-corrected chi connectivity index (χ3v) is 6.57. The van der Waals surface area contributed by atoms with Gasteiger partial charge in [0, 0.05) is 18.0 Å². The van der Waals surface area contributed by atoms with E-state index in [9.17, 15) is 18.9 Å². The Labute approximate surface area is 104 Å². The number of rotatable bonds is 8. The molecule has 0 aliphatic rings. The van der Waals surface area contributed by atoms with Crippen molar-refractivity contribution in [2.45, 2.75) is 39.8 Å². The van der Waals surface area contributed by atoms with Crippen LogP contribution in [0.4, 0.5) is 0 Å². The average molecular weight is 286 g/mol. The third kappa shape index (κ3) is 7.38. The Kier molecular flexibility index (Phi) is 7.20. The van der Waals surface area contributed by atoms with Gasteiger partial charge in [-0.2, -0.15) is 0 Å². The lowest BCUT2D eigenvalue weighted by atomic mass is 10.1. The van der Waals surface area contributed by atoms with Crippen LogP contribution in [0.5, 0.6) is 0 Å². The van der Waals surface area contributed by atoms with Crippen molar-refractivity contribution in [2.24, 2.45) is 5.92 Å². The van der Waals surface area contributed by atoms with Gasteiger partial charge in [0.05, 0.1) is 6.61 Å². The summed E-state index contributed by atoms with van der Waals surface area (Å²) in [5.41, 5.74) is -0.241. The predicted molar refractivity (Wildman–Crippen MR) is 69.9 cm³/mol.